The third-order valence-corrected chi connectivity index (χ3v) is 6.49. The van der Waals surface area contributed by atoms with Gasteiger partial charge in [0.25, 0.3) is 15.9 Å². The van der Waals surface area contributed by atoms with Crippen molar-refractivity contribution in [2.75, 3.05) is 6.54 Å². The molecular formula is C24H30N3O6S-. The fourth-order valence-electron chi connectivity index (χ4n) is 3.31. The molecule has 0 saturated heterocycles. The second kappa shape index (κ2) is 12.8. The number of rotatable bonds is 13. The number of carboxylic acid groups (broad SMARTS) is 1. The number of aryl methyl sites for hydroxylation is 1. The van der Waals surface area contributed by atoms with Gasteiger partial charge in [-0.3, -0.25) is 14.6 Å². The first-order chi connectivity index (χ1) is 16.2. The number of nitrogens with one attached hydrogen (secondary N) is 2. The number of pyridine rings is 1. The maximum absolute atomic E-state index is 12.7. The van der Waals surface area contributed by atoms with E-state index in [-0.39, 0.29) is 22.1 Å². The average Bonchev–Trinajstić information content (AvgIpc) is 2.79. The van der Waals surface area contributed by atoms with Crippen molar-refractivity contribution in [1.29, 1.82) is 0 Å². The molecule has 0 atom stereocenters. The molecule has 0 aliphatic heterocycles. The summed E-state index contributed by atoms with van der Waals surface area (Å²) in [5, 5.41) is 14.1. The molecule has 10 heteroatoms. The highest BCUT2D eigenvalue weighted by Gasteiger charge is 2.20. The first-order valence-corrected chi connectivity index (χ1v) is 12.8. The highest BCUT2D eigenvalue weighted by Crippen LogP contribution is 2.15. The summed E-state index contributed by atoms with van der Waals surface area (Å²) in [6.45, 7) is 4.37. The molecule has 2 aromatic rings. The van der Waals surface area contributed by atoms with Crippen LogP contribution >= 0.6 is 0 Å². The predicted molar refractivity (Wildman–Crippen MR) is 125 cm³/mol. The van der Waals surface area contributed by atoms with Gasteiger partial charge in [-0.15, -0.1) is 0 Å². The number of nitrogens with zero attached hydrogens (tertiary/aromatic N) is 1. The Morgan fingerprint density at radius 3 is 2.32 bits per heavy atom. The molecule has 9 nitrogen and oxygen atoms in total. The summed E-state index contributed by atoms with van der Waals surface area (Å²) in [4.78, 5) is 39.1. The minimum Gasteiger partial charge on any atom is -0.543 e. The van der Waals surface area contributed by atoms with E-state index >= 15 is 0 Å². The van der Waals surface area contributed by atoms with Gasteiger partial charge in [-0.2, -0.15) is 0 Å². The van der Waals surface area contributed by atoms with Gasteiger partial charge in [-0.1, -0.05) is 38.8 Å². The summed E-state index contributed by atoms with van der Waals surface area (Å²) in [7, 11) is -4.15. The number of amides is 2. The molecule has 0 fully saturated rings. The minimum atomic E-state index is -4.15. The fourth-order valence-corrected chi connectivity index (χ4v) is 4.29. The Balaban J connectivity index is 2.07. The second-order valence-electron chi connectivity index (χ2n) is 7.90. The number of carboxylic acids is 1. The van der Waals surface area contributed by atoms with E-state index in [1.807, 2.05) is 18.6 Å². The van der Waals surface area contributed by atoms with E-state index in [4.69, 9.17) is 0 Å². The van der Waals surface area contributed by atoms with Crippen LogP contribution in [0.15, 0.2) is 41.4 Å². The molecule has 0 aliphatic rings. The zero-order valence-corrected chi connectivity index (χ0v) is 20.2. The molecule has 2 N–H and O–H groups in total. The second-order valence-corrected chi connectivity index (χ2v) is 9.59. The summed E-state index contributed by atoms with van der Waals surface area (Å²) in [5.74, 6) is -2.38. The molecule has 1 heterocycles. The van der Waals surface area contributed by atoms with Gasteiger partial charge in [0.2, 0.25) is 5.91 Å². The van der Waals surface area contributed by atoms with Crippen molar-refractivity contribution in [3.63, 3.8) is 0 Å². The van der Waals surface area contributed by atoms with Crippen LogP contribution in [0.1, 0.15) is 77.9 Å². The molecule has 0 radical (unpaired) electrons. The normalized spacial score (nSPS) is 11.1. The molecule has 0 bridgehead atoms. The van der Waals surface area contributed by atoms with E-state index < -0.39 is 21.9 Å². The Kier molecular flexibility index (Phi) is 10.2. The van der Waals surface area contributed by atoms with Gasteiger partial charge in [0.05, 0.1) is 22.1 Å². The summed E-state index contributed by atoms with van der Waals surface area (Å²) in [6.07, 6.45) is 5.69. The van der Waals surface area contributed by atoms with Gasteiger partial charge in [0, 0.05) is 19.2 Å². The topological polar surface area (TPSA) is 145 Å². The van der Waals surface area contributed by atoms with Gasteiger partial charge in [-0.05, 0) is 55.0 Å². The number of carbonyl (C=O) groups excluding carboxylic acids is 3. The van der Waals surface area contributed by atoms with Crippen molar-refractivity contribution in [3.05, 3.63) is 58.9 Å². The molecule has 2 amide bonds. The first-order valence-electron chi connectivity index (χ1n) is 11.3. The van der Waals surface area contributed by atoms with Crippen LogP contribution in [0.2, 0.25) is 0 Å². The molecule has 184 valence electrons. The predicted octanol–water partition coefficient (Wildman–Crippen LogP) is 1.76. The van der Waals surface area contributed by atoms with Crippen molar-refractivity contribution >= 4 is 27.8 Å². The zero-order valence-electron chi connectivity index (χ0n) is 19.4. The molecule has 0 unspecified atom stereocenters. The Bertz CT molecular complexity index is 1110. The van der Waals surface area contributed by atoms with Crippen LogP contribution in [0.3, 0.4) is 0 Å². The number of hydrogen-bond acceptors (Lipinski definition) is 7. The Morgan fingerprint density at radius 2 is 1.71 bits per heavy atom. The lowest BCUT2D eigenvalue weighted by Crippen LogP contribution is -2.31. The molecule has 2 rings (SSSR count). The fraction of sp³-hybridized carbons (Fsp3) is 0.417. The van der Waals surface area contributed by atoms with Crippen LogP contribution in [-0.4, -0.2) is 37.7 Å². The zero-order chi connectivity index (χ0) is 25.1. The van der Waals surface area contributed by atoms with Crippen LogP contribution in [-0.2, 0) is 27.7 Å². The van der Waals surface area contributed by atoms with Crippen molar-refractivity contribution in [2.45, 2.75) is 63.7 Å². The van der Waals surface area contributed by atoms with Crippen LogP contribution < -0.4 is 15.1 Å². The summed E-state index contributed by atoms with van der Waals surface area (Å²) >= 11 is 0. The minimum absolute atomic E-state index is 0.0277. The first kappa shape index (κ1) is 27.0. The van der Waals surface area contributed by atoms with Crippen molar-refractivity contribution in [1.82, 2.24) is 15.0 Å². The van der Waals surface area contributed by atoms with Gasteiger partial charge < -0.3 is 15.2 Å². The lowest BCUT2D eigenvalue weighted by atomic mass is 10.0. The molecule has 0 aliphatic carbocycles. The lowest BCUT2D eigenvalue weighted by Gasteiger charge is -2.12. The van der Waals surface area contributed by atoms with Crippen LogP contribution in [0.5, 0.6) is 0 Å². The van der Waals surface area contributed by atoms with Crippen molar-refractivity contribution < 1.29 is 27.9 Å². The summed E-state index contributed by atoms with van der Waals surface area (Å²) < 4.78 is 27.3. The number of aromatic carboxylic acids is 1. The standard InChI is InChI=1S/C24H31N3O6S/c1-3-5-6-8-18-15-19(16-26-22(18)24(30)31)23(29)27-34(32,33)20-11-9-17(10-12-20)13-14-25-21(28)7-4-2/h9-12,15-16H,3-8,13-14H2,1-2H3,(H,25,28)(H,27,29)(H,30,31)/p-1. The third-order valence-electron chi connectivity index (χ3n) is 5.15. The molecule has 1 aromatic heterocycles. The molecular weight excluding hydrogens is 458 g/mol. The smallest absolute Gasteiger partial charge is 0.266 e. The average molecular weight is 489 g/mol. The maximum Gasteiger partial charge on any atom is 0.266 e. The lowest BCUT2D eigenvalue weighted by molar-refractivity contribution is -0.255. The van der Waals surface area contributed by atoms with Gasteiger partial charge in [0.15, 0.2) is 0 Å². The van der Waals surface area contributed by atoms with Gasteiger partial charge in [0.1, 0.15) is 0 Å². The quantitative estimate of drug-likeness (QED) is 0.409. The van der Waals surface area contributed by atoms with Crippen molar-refractivity contribution in [3.8, 4) is 0 Å². The largest absolute Gasteiger partial charge is 0.543 e. The number of benzene rings is 1. The van der Waals surface area contributed by atoms with Gasteiger partial charge >= 0.3 is 0 Å². The molecule has 0 saturated carbocycles. The number of carbonyl (C=O) groups is 3. The summed E-state index contributed by atoms with van der Waals surface area (Å²) in [6, 6.07) is 7.34. The molecule has 1 aromatic carbocycles. The van der Waals surface area contributed by atoms with Gasteiger partial charge in [-0.25, -0.2) is 13.1 Å². The van der Waals surface area contributed by atoms with Crippen LogP contribution in [0.4, 0.5) is 0 Å². The number of unbranched alkanes of at least 4 members (excludes halogenated alkanes) is 2. The Hall–Kier alpha value is -3.27. The van der Waals surface area contributed by atoms with Crippen LogP contribution in [0.25, 0.3) is 0 Å². The highest BCUT2D eigenvalue weighted by atomic mass is 32.2. The van der Waals surface area contributed by atoms with Crippen molar-refractivity contribution in [2.24, 2.45) is 0 Å². The Morgan fingerprint density at radius 1 is 1.00 bits per heavy atom. The summed E-state index contributed by atoms with van der Waals surface area (Å²) in [5.41, 5.74) is 0.853. The van der Waals surface area contributed by atoms with E-state index in [1.54, 1.807) is 12.1 Å². The van der Waals surface area contributed by atoms with E-state index in [2.05, 4.69) is 10.3 Å². The molecule has 0 spiro atoms. The van der Waals surface area contributed by atoms with E-state index in [0.717, 1.165) is 31.0 Å². The Labute approximate surface area is 200 Å². The maximum atomic E-state index is 12.7. The van der Waals surface area contributed by atoms with Crippen LogP contribution in [0, 0.1) is 0 Å². The van der Waals surface area contributed by atoms with E-state index in [9.17, 15) is 27.9 Å². The number of sulfonamides is 1. The monoisotopic (exact) mass is 488 g/mol. The highest BCUT2D eigenvalue weighted by molar-refractivity contribution is 7.90. The van der Waals surface area contributed by atoms with E-state index in [0.29, 0.717) is 37.8 Å². The number of hydrogen-bond donors (Lipinski definition) is 2. The SMILES string of the molecule is CCCCCc1cc(C(=O)NS(=O)(=O)c2ccc(CCNC(=O)CCC)cc2)cnc1C(=O)[O-]. The third kappa shape index (κ3) is 7.95. The molecule has 34 heavy (non-hydrogen) atoms. The number of aromatic nitrogens is 1. The van der Waals surface area contributed by atoms with E-state index in [1.165, 1.54) is 18.2 Å².